The van der Waals surface area contributed by atoms with Crippen LogP contribution in [0.15, 0.2) is 48.7 Å². The first kappa shape index (κ1) is 17.0. The molecule has 0 aliphatic heterocycles. The highest BCUT2D eigenvalue weighted by Gasteiger charge is 2.05. The molecule has 1 aromatic heterocycles. The molecule has 5 heteroatoms. The van der Waals surface area contributed by atoms with Crippen molar-refractivity contribution in [2.75, 3.05) is 32.1 Å². The van der Waals surface area contributed by atoms with Crippen molar-refractivity contribution in [2.24, 2.45) is 0 Å². The number of hydrogen-bond donors (Lipinski definition) is 2. The molecule has 0 spiro atoms. The highest BCUT2D eigenvalue weighted by molar-refractivity contribution is 5.94. The smallest absolute Gasteiger partial charge is 0.252 e. The zero-order valence-corrected chi connectivity index (χ0v) is 13.4. The lowest BCUT2D eigenvalue weighted by atomic mass is 10.1. The number of carbonyl (C=O) groups excluding carboxylic acids is 1. The Balaban J connectivity index is 1.74. The highest BCUT2D eigenvalue weighted by atomic mass is 16.5. The summed E-state index contributed by atoms with van der Waals surface area (Å²) in [6.45, 7) is 2.05. The Morgan fingerprint density at radius 3 is 2.65 bits per heavy atom. The van der Waals surface area contributed by atoms with Crippen molar-refractivity contribution in [1.29, 1.82) is 0 Å². The van der Waals surface area contributed by atoms with Gasteiger partial charge in [0.15, 0.2) is 0 Å². The summed E-state index contributed by atoms with van der Waals surface area (Å²) >= 11 is 0. The minimum absolute atomic E-state index is 0.107. The van der Waals surface area contributed by atoms with Crippen LogP contribution in [0.4, 0.5) is 5.82 Å². The molecule has 1 amide bonds. The van der Waals surface area contributed by atoms with E-state index in [1.807, 2.05) is 24.3 Å². The van der Waals surface area contributed by atoms with E-state index in [-0.39, 0.29) is 5.91 Å². The van der Waals surface area contributed by atoms with E-state index >= 15 is 0 Å². The number of hydrogen-bond acceptors (Lipinski definition) is 4. The minimum atomic E-state index is -0.107. The summed E-state index contributed by atoms with van der Waals surface area (Å²) < 4.78 is 4.94. The second kappa shape index (κ2) is 9.58. The normalized spacial score (nSPS) is 10.3. The van der Waals surface area contributed by atoms with Crippen LogP contribution in [0.2, 0.25) is 0 Å². The van der Waals surface area contributed by atoms with Crippen LogP contribution in [-0.4, -0.2) is 37.7 Å². The van der Waals surface area contributed by atoms with Gasteiger partial charge in [-0.3, -0.25) is 4.79 Å². The lowest BCUT2D eigenvalue weighted by Crippen LogP contribution is -2.25. The van der Waals surface area contributed by atoms with Gasteiger partial charge in [-0.2, -0.15) is 0 Å². The maximum absolute atomic E-state index is 11.9. The Labute approximate surface area is 137 Å². The number of ether oxygens (including phenoxy) is 1. The molecule has 5 nitrogen and oxygen atoms in total. The highest BCUT2D eigenvalue weighted by Crippen LogP contribution is 2.06. The monoisotopic (exact) mass is 313 g/mol. The number of rotatable bonds is 9. The molecule has 0 aliphatic carbocycles. The van der Waals surface area contributed by atoms with E-state index in [9.17, 15) is 4.79 Å². The van der Waals surface area contributed by atoms with Gasteiger partial charge in [0, 0.05) is 33.0 Å². The van der Waals surface area contributed by atoms with Crippen LogP contribution >= 0.6 is 0 Å². The minimum Gasteiger partial charge on any atom is -0.385 e. The van der Waals surface area contributed by atoms with Gasteiger partial charge >= 0.3 is 0 Å². The standard InChI is InChI=1S/C18H23N3O2/c1-23-13-5-11-20-18(22)16-8-9-17(21-14-16)19-12-10-15-6-3-2-4-7-15/h2-4,6-9,14H,5,10-13H2,1H3,(H,19,21)(H,20,22). The Kier molecular flexibility index (Phi) is 7.07. The van der Waals surface area contributed by atoms with Gasteiger partial charge in [-0.25, -0.2) is 4.98 Å². The third kappa shape index (κ3) is 6.08. The van der Waals surface area contributed by atoms with Crippen molar-refractivity contribution in [3.8, 4) is 0 Å². The number of pyridine rings is 1. The number of amides is 1. The maximum atomic E-state index is 11.9. The molecule has 2 aromatic rings. The van der Waals surface area contributed by atoms with Crippen molar-refractivity contribution in [1.82, 2.24) is 10.3 Å². The quantitative estimate of drug-likeness (QED) is 0.698. The number of nitrogens with one attached hydrogen (secondary N) is 2. The number of benzene rings is 1. The molecule has 2 N–H and O–H groups in total. The third-order valence-corrected chi connectivity index (χ3v) is 3.40. The summed E-state index contributed by atoms with van der Waals surface area (Å²) in [4.78, 5) is 16.2. The average Bonchev–Trinajstić information content (AvgIpc) is 2.60. The fourth-order valence-electron chi connectivity index (χ4n) is 2.13. The van der Waals surface area contributed by atoms with E-state index in [1.165, 1.54) is 5.56 Å². The average molecular weight is 313 g/mol. The van der Waals surface area contributed by atoms with E-state index in [2.05, 4.69) is 27.8 Å². The summed E-state index contributed by atoms with van der Waals surface area (Å²) in [5.74, 6) is 0.668. The number of carbonyl (C=O) groups is 1. The predicted octanol–water partition coefficient (Wildman–Crippen LogP) is 2.50. The maximum Gasteiger partial charge on any atom is 0.252 e. The van der Waals surface area contributed by atoms with Gasteiger partial charge in [0.25, 0.3) is 5.91 Å². The van der Waals surface area contributed by atoms with Crippen molar-refractivity contribution in [2.45, 2.75) is 12.8 Å². The fourth-order valence-corrected chi connectivity index (χ4v) is 2.13. The van der Waals surface area contributed by atoms with Gasteiger partial charge in [-0.1, -0.05) is 30.3 Å². The predicted molar refractivity (Wildman–Crippen MR) is 91.7 cm³/mol. The second-order valence-corrected chi connectivity index (χ2v) is 5.20. The number of aromatic nitrogens is 1. The van der Waals surface area contributed by atoms with Crippen molar-refractivity contribution in [3.05, 3.63) is 59.8 Å². The van der Waals surface area contributed by atoms with Gasteiger partial charge in [-0.15, -0.1) is 0 Å². The van der Waals surface area contributed by atoms with Crippen LogP contribution in [0, 0.1) is 0 Å². The van der Waals surface area contributed by atoms with Crippen LogP contribution in [0.1, 0.15) is 22.3 Å². The van der Waals surface area contributed by atoms with Gasteiger partial charge < -0.3 is 15.4 Å². The lowest BCUT2D eigenvalue weighted by molar-refractivity contribution is 0.0948. The molecule has 23 heavy (non-hydrogen) atoms. The summed E-state index contributed by atoms with van der Waals surface area (Å²) in [5, 5.41) is 6.10. The Bertz CT molecular complexity index is 585. The molecule has 0 bridgehead atoms. The molecule has 0 atom stereocenters. The second-order valence-electron chi connectivity index (χ2n) is 5.20. The lowest BCUT2D eigenvalue weighted by Gasteiger charge is -2.07. The van der Waals surface area contributed by atoms with Crippen LogP contribution in [0.3, 0.4) is 0 Å². The van der Waals surface area contributed by atoms with Gasteiger partial charge in [0.2, 0.25) is 0 Å². The van der Waals surface area contributed by atoms with Gasteiger partial charge in [-0.05, 0) is 30.5 Å². The first-order valence-electron chi connectivity index (χ1n) is 7.80. The number of methoxy groups -OCH3 is 1. The van der Waals surface area contributed by atoms with E-state index in [0.29, 0.717) is 18.7 Å². The number of anilines is 1. The zero-order valence-electron chi connectivity index (χ0n) is 13.4. The molecule has 0 unspecified atom stereocenters. The van der Waals surface area contributed by atoms with Crippen molar-refractivity contribution in [3.63, 3.8) is 0 Å². The molecule has 2 rings (SSSR count). The molecule has 0 aliphatic rings. The molecule has 0 saturated heterocycles. The Morgan fingerprint density at radius 2 is 1.96 bits per heavy atom. The van der Waals surface area contributed by atoms with Gasteiger partial charge in [0.05, 0.1) is 5.56 Å². The fraction of sp³-hybridized carbons (Fsp3) is 0.333. The summed E-state index contributed by atoms with van der Waals surface area (Å²) in [6, 6.07) is 13.9. The zero-order chi connectivity index (χ0) is 16.3. The Morgan fingerprint density at radius 1 is 1.13 bits per heavy atom. The molecule has 122 valence electrons. The summed E-state index contributed by atoms with van der Waals surface area (Å²) in [6.07, 6.45) is 3.33. The molecule has 0 fully saturated rings. The summed E-state index contributed by atoms with van der Waals surface area (Å²) in [7, 11) is 1.65. The van der Waals surface area contributed by atoms with Crippen LogP contribution in [0.25, 0.3) is 0 Å². The van der Waals surface area contributed by atoms with E-state index in [4.69, 9.17) is 4.74 Å². The summed E-state index contributed by atoms with van der Waals surface area (Å²) in [5.41, 5.74) is 1.85. The Hall–Kier alpha value is -2.40. The molecule has 0 radical (unpaired) electrons. The van der Waals surface area contributed by atoms with Crippen LogP contribution in [-0.2, 0) is 11.2 Å². The molecule has 0 saturated carbocycles. The third-order valence-electron chi connectivity index (χ3n) is 3.40. The molecule has 1 heterocycles. The topological polar surface area (TPSA) is 63.2 Å². The van der Waals surface area contributed by atoms with E-state index in [0.717, 1.165) is 25.2 Å². The SMILES string of the molecule is COCCCNC(=O)c1ccc(NCCc2ccccc2)nc1. The molecular formula is C18H23N3O2. The largest absolute Gasteiger partial charge is 0.385 e. The first-order chi connectivity index (χ1) is 11.3. The number of nitrogens with zero attached hydrogens (tertiary/aromatic N) is 1. The molecular weight excluding hydrogens is 290 g/mol. The van der Waals surface area contributed by atoms with Crippen LogP contribution < -0.4 is 10.6 Å². The van der Waals surface area contributed by atoms with Crippen molar-refractivity contribution < 1.29 is 9.53 Å². The van der Waals surface area contributed by atoms with E-state index in [1.54, 1.807) is 19.4 Å². The first-order valence-corrected chi connectivity index (χ1v) is 7.80. The van der Waals surface area contributed by atoms with Gasteiger partial charge in [0.1, 0.15) is 5.82 Å². The van der Waals surface area contributed by atoms with E-state index < -0.39 is 0 Å². The van der Waals surface area contributed by atoms with Crippen LogP contribution in [0.5, 0.6) is 0 Å². The van der Waals surface area contributed by atoms with Crippen molar-refractivity contribution >= 4 is 11.7 Å². The molecule has 1 aromatic carbocycles.